The maximum atomic E-state index is 8.39. The van der Waals surface area contributed by atoms with Gasteiger partial charge in [0.2, 0.25) is 5.71 Å². The third-order valence-electron chi connectivity index (χ3n) is 7.92. The largest absolute Gasteiger partial charge is 0.437 e. The molecule has 0 amide bonds. The summed E-state index contributed by atoms with van der Waals surface area (Å²) >= 11 is 0. The molecule has 4 heteroatoms. The van der Waals surface area contributed by atoms with Gasteiger partial charge in [-0.1, -0.05) is 94.4 Å². The molecule has 0 atom stereocenters. The Hall–Kier alpha value is -4.70. The number of nitrogens with zero attached hydrogens (tertiary/aromatic N) is 3. The lowest BCUT2D eigenvalue weighted by Crippen LogP contribution is -2.08. The van der Waals surface area contributed by atoms with Crippen molar-refractivity contribution in [1.82, 2.24) is 14.5 Å². The molecule has 0 saturated heterocycles. The van der Waals surface area contributed by atoms with Crippen LogP contribution >= 0.6 is 0 Å². The van der Waals surface area contributed by atoms with Crippen LogP contribution in [0.3, 0.4) is 0 Å². The average Bonchev–Trinajstić information content (AvgIpc) is 3.58. The summed E-state index contributed by atoms with van der Waals surface area (Å²) in [5.41, 5.74) is 8.90. The van der Waals surface area contributed by atoms with Crippen LogP contribution in [0.25, 0.3) is 61.4 Å². The third kappa shape index (κ3) is 4.05. The lowest BCUT2D eigenvalue weighted by Gasteiger charge is -2.22. The lowest BCUT2D eigenvalue weighted by atomic mass is 9.92. The Labute approximate surface area is 244 Å². The van der Waals surface area contributed by atoms with Gasteiger partial charge in [0, 0.05) is 20.4 Å². The topological polar surface area (TPSA) is 43.9 Å². The van der Waals surface area contributed by atoms with Gasteiger partial charge in [0.15, 0.2) is 0 Å². The Bertz CT molecular complexity index is 2150. The summed E-state index contributed by atoms with van der Waals surface area (Å²) in [4.78, 5) is 10.0. The van der Waals surface area contributed by atoms with Crippen molar-refractivity contribution in [2.45, 2.75) is 46.4 Å². The summed E-state index contributed by atoms with van der Waals surface area (Å²) in [6, 6.07) is 31.9. The number of furan rings is 1. The fourth-order valence-corrected chi connectivity index (χ4v) is 5.91. The van der Waals surface area contributed by atoms with E-state index in [0.29, 0.717) is 27.9 Å². The predicted molar refractivity (Wildman–Crippen MR) is 170 cm³/mol. The van der Waals surface area contributed by atoms with E-state index >= 15 is 0 Å². The summed E-state index contributed by atoms with van der Waals surface area (Å²) in [5.74, 6) is 1.23. The number of aromatic nitrogens is 3. The van der Waals surface area contributed by atoms with Crippen LogP contribution in [0.2, 0.25) is 0 Å². The number of imidazole rings is 1. The summed E-state index contributed by atoms with van der Waals surface area (Å²) < 4.78 is 34.0. The first-order valence-electron chi connectivity index (χ1n) is 15.7. The molecule has 0 unspecified atom stereocenters. The minimum Gasteiger partial charge on any atom is -0.437 e. The fraction of sp³-hybridized carbons (Fsp3) is 0.189. The number of hydrogen-bond acceptors (Lipinski definition) is 3. The molecule has 7 rings (SSSR count). The van der Waals surface area contributed by atoms with Crippen molar-refractivity contribution >= 4 is 33.1 Å². The highest BCUT2D eigenvalue weighted by Gasteiger charge is 2.25. The number of hydrogen-bond donors (Lipinski definition) is 0. The first kappa shape index (κ1) is 22.0. The van der Waals surface area contributed by atoms with Crippen molar-refractivity contribution in [3.05, 3.63) is 114 Å². The molecule has 7 aromatic rings. The maximum Gasteiger partial charge on any atom is 0.227 e. The highest BCUT2D eigenvalue weighted by molar-refractivity contribution is 6.10. The van der Waals surface area contributed by atoms with Crippen LogP contribution in [0.15, 0.2) is 101 Å². The number of para-hydroxylation sites is 3. The number of pyridine rings is 1. The number of benzene rings is 4. The molecule has 4 aromatic carbocycles. The van der Waals surface area contributed by atoms with Crippen LogP contribution in [0.1, 0.15) is 60.3 Å². The molecule has 0 bridgehead atoms. The van der Waals surface area contributed by atoms with Crippen molar-refractivity contribution in [3.63, 3.8) is 0 Å². The van der Waals surface area contributed by atoms with E-state index in [1.54, 1.807) is 6.07 Å². The summed E-state index contributed by atoms with van der Waals surface area (Å²) in [7, 11) is 0. The Kier molecular flexibility index (Phi) is 5.24. The normalized spacial score (nSPS) is 13.4. The van der Waals surface area contributed by atoms with Crippen molar-refractivity contribution in [2.75, 3.05) is 0 Å². The van der Waals surface area contributed by atoms with E-state index in [1.165, 1.54) is 11.1 Å². The van der Waals surface area contributed by atoms with Crippen LogP contribution < -0.4 is 0 Å². The number of fused-ring (bicyclic) bond motifs is 4. The van der Waals surface area contributed by atoms with Crippen LogP contribution in [0.4, 0.5) is 0 Å². The van der Waals surface area contributed by atoms with Gasteiger partial charge in [-0.05, 0) is 65.7 Å². The van der Waals surface area contributed by atoms with Gasteiger partial charge >= 0.3 is 0 Å². The average molecular weight is 539 g/mol. The van der Waals surface area contributed by atoms with E-state index in [-0.39, 0.29) is 17.4 Å². The second-order valence-electron chi connectivity index (χ2n) is 11.2. The quantitative estimate of drug-likeness (QED) is 0.219. The molecule has 0 radical (unpaired) electrons. The van der Waals surface area contributed by atoms with Crippen molar-refractivity contribution in [2.24, 2.45) is 0 Å². The highest BCUT2D eigenvalue weighted by Crippen LogP contribution is 2.42. The highest BCUT2D eigenvalue weighted by atomic mass is 16.3. The SMILES string of the molecule is [2H]C([2H])([2H])c1ccc(-c2nc3ccccc3n2-c2c(C(C)C)cccc2C(C)C)c2oc3nc(-c4ccccc4)ccc3c12. The molecule has 0 aliphatic rings. The summed E-state index contributed by atoms with van der Waals surface area (Å²) in [6.45, 7) is 6.49. The van der Waals surface area contributed by atoms with Gasteiger partial charge in [-0.25, -0.2) is 9.97 Å². The molecule has 3 aromatic heterocycles. The molecule has 3 heterocycles. The second-order valence-corrected chi connectivity index (χ2v) is 11.2. The van der Waals surface area contributed by atoms with E-state index in [1.807, 2.05) is 66.7 Å². The smallest absolute Gasteiger partial charge is 0.227 e. The van der Waals surface area contributed by atoms with Gasteiger partial charge in [0.1, 0.15) is 11.4 Å². The molecule has 202 valence electrons. The molecular weight excluding hydrogens is 502 g/mol. The van der Waals surface area contributed by atoms with Crippen LogP contribution in [0.5, 0.6) is 0 Å². The minimum absolute atomic E-state index is 0.234. The second kappa shape index (κ2) is 9.74. The molecule has 0 aliphatic carbocycles. The van der Waals surface area contributed by atoms with Crippen LogP contribution in [0, 0.1) is 6.85 Å². The van der Waals surface area contributed by atoms with E-state index in [4.69, 9.17) is 18.5 Å². The van der Waals surface area contributed by atoms with Gasteiger partial charge in [0.05, 0.1) is 28.0 Å². The van der Waals surface area contributed by atoms with Crippen molar-refractivity contribution < 1.29 is 8.53 Å². The Morgan fingerprint density at radius 1 is 0.732 bits per heavy atom. The number of rotatable bonds is 5. The first-order chi connectivity index (χ1) is 21.1. The van der Waals surface area contributed by atoms with E-state index in [9.17, 15) is 0 Å². The fourth-order valence-electron chi connectivity index (χ4n) is 5.91. The summed E-state index contributed by atoms with van der Waals surface area (Å²) in [5, 5.41) is 1.21. The Morgan fingerprint density at radius 3 is 2.20 bits per heavy atom. The zero-order chi connectivity index (χ0) is 30.7. The van der Waals surface area contributed by atoms with Crippen molar-refractivity contribution in [3.8, 4) is 28.3 Å². The molecule has 41 heavy (non-hydrogen) atoms. The molecule has 4 nitrogen and oxygen atoms in total. The summed E-state index contributed by atoms with van der Waals surface area (Å²) in [6.07, 6.45) is 0. The molecule has 0 aliphatic heterocycles. The zero-order valence-electron chi connectivity index (χ0n) is 26.6. The van der Waals surface area contributed by atoms with Gasteiger partial charge in [0.25, 0.3) is 0 Å². The van der Waals surface area contributed by atoms with Crippen LogP contribution in [-0.2, 0) is 0 Å². The monoisotopic (exact) mass is 538 g/mol. The van der Waals surface area contributed by atoms with E-state index < -0.39 is 6.85 Å². The zero-order valence-corrected chi connectivity index (χ0v) is 23.6. The maximum absolute atomic E-state index is 8.39. The Morgan fingerprint density at radius 2 is 1.46 bits per heavy atom. The van der Waals surface area contributed by atoms with Gasteiger partial charge in [-0.2, -0.15) is 0 Å². The molecule has 0 saturated carbocycles. The standard InChI is InChI=1S/C37H33N3O/c1-22(2)26-14-11-15-27(23(3)4)34(26)40-32-17-10-9-16-31(32)38-36(40)29-19-18-24(5)33-28-20-21-30(25-12-7-6-8-13-25)39-37(28)41-35(29)33/h6-23H,1-5H3/i5D3. The molecule has 0 spiro atoms. The van der Waals surface area contributed by atoms with E-state index in [0.717, 1.165) is 33.5 Å². The molecular formula is C37H33N3O. The lowest BCUT2D eigenvalue weighted by molar-refractivity contribution is 0.655. The molecule has 0 N–H and O–H groups in total. The van der Waals surface area contributed by atoms with E-state index in [2.05, 4.69) is 56.5 Å². The Balaban J connectivity index is 1.60. The van der Waals surface area contributed by atoms with Gasteiger partial charge < -0.3 is 4.42 Å². The first-order valence-corrected chi connectivity index (χ1v) is 14.2. The predicted octanol–water partition coefficient (Wildman–Crippen LogP) is 10.2. The third-order valence-corrected chi connectivity index (χ3v) is 7.92. The van der Waals surface area contributed by atoms with Gasteiger partial charge in [-0.15, -0.1) is 0 Å². The minimum atomic E-state index is -2.35. The van der Waals surface area contributed by atoms with Gasteiger partial charge in [-0.3, -0.25) is 4.57 Å². The number of aryl methyl sites for hydroxylation is 1. The molecule has 0 fully saturated rings. The van der Waals surface area contributed by atoms with Crippen LogP contribution in [-0.4, -0.2) is 14.5 Å². The van der Waals surface area contributed by atoms with Crippen molar-refractivity contribution in [1.29, 1.82) is 0 Å².